The number of benzene rings is 1. The number of ether oxygens (including phenoxy) is 2. The van der Waals surface area contributed by atoms with Crippen LogP contribution >= 0.6 is 0 Å². The van der Waals surface area contributed by atoms with Crippen molar-refractivity contribution in [3.8, 4) is 0 Å². The van der Waals surface area contributed by atoms with Gasteiger partial charge in [-0.05, 0) is 31.2 Å². The van der Waals surface area contributed by atoms with Crippen molar-refractivity contribution >= 4 is 12.2 Å². The molecule has 1 aliphatic rings. The lowest BCUT2D eigenvalue weighted by Gasteiger charge is -2.29. The second kappa shape index (κ2) is 9.77. The molecule has 0 bridgehead atoms. The van der Waals surface area contributed by atoms with Gasteiger partial charge in [0.05, 0.1) is 0 Å². The minimum atomic E-state index is -0.460. The molecule has 2 rings (SSSR count). The maximum atomic E-state index is 11.9. The highest BCUT2D eigenvalue weighted by atomic mass is 16.6. The second-order valence-electron chi connectivity index (χ2n) is 5.84. The fourth-order valence-electron chi connectivity index (χ4n) is 2.74. The van der Waals surface area contributed by atoms with E-state index in [-0.39, 0.29) is 25.3 Å². The van der Waals surface area contributed by atoms with E-state index in [4.69, 9.17) is 15.2 Å². The Kier molecular flexibility index (Phi) is 7.35. The monoisotopic (exact) mass is 335 g/mol. The Labute approximate surface area is 141 Å². The van der Waals surface area contributed by atoms with Gasteiger partial charge in [0.15, 0.2) is 0 Å². The summed E-state index contributed by atoms with van der Waals surface area (Å²) in [6, 6.07) is 9.50. The minimum absolute atomic E-state index is 0.0107. The van der Waals surface area contributed by atoms with Crippen LogP contribution in [0.15, 0.2) is 30.3 Å². The summed E-state index contributed by atoms with van der Waals surface area (Å²) in [6.45, 7) is 0.744. The zero-order valence-corrected chi connectivity index (χ0v) is 13.7. The molecular formula is C17H25N3O4. The molecule has 7 nitrogen and oxygen atoms in total. The first kappa shape index (κ1) is 18.1. The summed E-state index contributed by atoms with van der Waals surface area (Å²) in [6.07, 6.45) is 2.43. The van der Waals surface area contributed by atoms with E-state index in [2.05, 4.69) is 10.6 Å². The van der Waals surface area contributed by atoms with Gasteiger partial charge in [-0.15, -0.1) is 0 Å². The van der Waals surface area contributed by atoms with Crippen LogP contribution in [0.4, 0.5) is 9.59 Å². The van der Waals surface area contributed by atoms with Crippen LogP contribution in [0.25, 0.3) is 0 Å². The van der Waals surface area contributed by atoms with Crippen LogP contribution in [-0.4, -0.2) is 37.4 Å². The highest BCUT2D eigenvalue weighted by molar-refractivity contribution is 5.68. The Morgan fingerprint density at radius 1 is 1.04 bits per heavy atom. The number of hydrogen-bond acceptors (Lipinski definition) is 5. The molecule has 0 spiro atoms. The predicted octanol–water partition coefficient (Wildman–Crippen LogP) is 1.91. The van der Waals surface area contributed by atoms with Crippen LogP contribution in [0.2, 0.25) is 0 Å². The summed E-state index contributed by atoms with van der Waals surface area (Å²) in [7, 11) is 0. The highest BCUT2D eigenvalue weighted by Crippen LogP contribution is 2.19. The van der Waals surface area contributed by atoms with E-state index in [0.29, 0.717) is 13.0 Å². The minimum Gasteiger partial charge on any atom is -0.448 e. The van der Waals surface area contributed by atoms with Crippen LogP contribution in [0, 0.1) is 0 Å². The number of nitrogens with one attached hydrogen (secondary N) is 2. The smallest absolute Gasteiger partial charge is 0.407 e. The lowest BCUT2D eigenvalue weighted by molar-refractivity contribution is 0.128. The van der Waals surface area contributed by atoms with Crippen LogP contribution in [0.5, 0.6) is 0 Å². The number of alkyl carbamates (subject to hydrolysis) is 2. The van der Waals surface area contributed by atoms with Crippen molar-refractivity contribution in [2.45, 2.75) is 44.4 Å². The summed E-state index contributed by atoms with van der Waals surface area (Å²) in [5.41, 5.74) is 6.23. The molecule has 1 aromatic rings. The molecule has 24 heavy (non-hydrogen) atoms. The third-order valence-corrected chi connectivity index (χ3v) is 3.88. The van der Waals surface area contributed by atoms with Gasteiger partial charge in [0.1, 0.15) is 13.2 Å². The first-order chi connectivity index (χ1) is 11.7. The van der Waals surface area contributed by atoms with Crippen molar-refractivity contribution in [3.63, 3.8) is 0 Å². The van der Waals surface area contributed by atoms with E-state index in [0.717, 1.165) is 24.8 Å². The van der Waals surface area contributed by atoms with Crippen molar-refractivity contribution in [1.29, 1.82) is 0 Å². The molecule has 2 unspecified atom stereocenters. The normalized spacial score (nSPS) is 20.0. The topological polar surface area (TPSA) is 103 Å². The van der Waals surface area contributed by atoms with E-state index in [9.17, 15) is 9.59 Å². The summed E-state index contributed by atoms with van der Waals surface area (Å²) >= 11 is 0. The van der Waals surface area contributed by atoms with Gasteiger partial charge in [0, 0.05) is 18.6 Å². The first-order valence-electron chi connectivity index (χ1n) is 8.28. The molecule has 0 aromatic heterocycles. The predicted molar refractivity (Wildman–Crippen MR) is 89.3 cm³/mol. The van der Waals surface area contributed by atoms with E-state index >= 15 is 0 Å². The molecule has 4 N–H and O–H groups in total. The zero-order valence-electron chi connectivity index (χ0n) is 13.7. The van der Waals surface area contributed by atoms with Crippen molar-refractivity contribution < 1.29 is 19.1 Å². The van der Waals surface area contributed by atoms with Crippen LogP contribution < -0.4 is 16.4 Å². The number of carbonyl (C=O) groups is 2. The third kappa shape index (κ3) is 6.45. The van der Waals surface area contributed by atoms with E-state index in [1.54, 1.807) is 0 Å². The molecule has 0 saturated heterocycles. The van der Waals surface area contributed by atoms with Gasteiger partial charge in [-0.3, -0.25) is 0 Å². The first-order valence-corrected chi connectivity index (χ1v) is 8.28. The second-order valence-corrected chi connectivity index (χ2v) is 5.84. The Hall–Kier alpha value is -2.28. The lowest BCUT2D eigenvalue weighted by atomic mass is 9.91. The fourth-order valence-corrected chi connectivity index (χ4v) is 2.74. The number of amides is 2. The SMILES string of the molecule is NCCOC(=O)NC1CCCC(NC(=O)OCc2ccccc2)C1. The molecule has 2 atom stereocenters. The molecule has 1 aromatic carbocycles. The Bertz CT molecular complexity index is 524. The number of rotatable bonds is 6. The molecule has 7 heteroatoms. The standard InChI is InChI=1S/C17H25N3O4/c18-9-10-23-16(21)19-14-7-4-8-15(11-14)20-17(22)24-12-13-5-2-1-3-6-13/h1-3,5-6,14-15H,4,7-12,18H2,(H,19,21)(H,20,22). The van der Waals surface area contributed by atoms with Gasteiger partial charge in [-0.2, -0.15) is 0 Å². The maximum Gasteiger partial charge on any atom is 0.407 e. The molecule has 2 amide bonds. The molecule has 1 saturated carbocycles. The van der Waals surface area contributed by atoms with Crippen molar-refractivity contribution in [3.05, 3.63) is 35.9 Å². The van der Waals surface area contributed by atoms with Gasteiger partial charge in [-0.1, -0.05) is 30.3 Å². The molecule has 0 radical (unpaired) electrons. The maximum absolute atomic E-state index is 11.9. The number of carbonyl (C=O) groups excluding carboxylic acids is 2. The van der Waals surface area contributed by atoms with Gasteiger partial charge < -0.3 is 25.8 Å². The summed E-state index contributed by atoms with van der Waals surface area (Å²) in [5.74, 6) is 0. The average molecular weight is 335 g/mol. The fraction of sp³-hybridized carbons (Fsp3) is 0.529. The van der Waals surface area contributed by atoms with Crippen LogP contribution in [0.1, 0.15) is 31.2 Å². The Morgan fingerprint density at radius 2 is 1.67 bits per heavy atom. The van der Waals surface area contributed by atoms with Crippen LogP contribution in [0.3, 0.4) is 0 Å². The van der Waals surface area contributed by atoms with Crippen LogP contribution in [-0.2, 0) is 16.1 Å². The van der Waals surface area contributed by atoms with E-state index < -0.39 is 12.2 Å². The van der Waals surface area contributed by atoms with Crippen molar-refractivity contribution in [2.24, 2.45) is 5.73 Å². The van der Waals surface area contributed by atoms with E-state index in [1.165, 1.54) is 0 Å². The molecule has 1 fully saturated rings. The Morgan fingerprint density at radius 3 is 2.29 bits per heavy atom. The molecule has 0 heterocycles. The van der Waals surface area contributed by atoms with Gasteiger partial charge in [0.2, 0.25) is 0 Å². The van der Waals surface area contributed by atoms with Crippen molar-refractivity contribution in [2.75, 3.05) is 13.2 Å². The average Bonchev–Trinajstić information content (AvgIpc) is 2.59. The zero-order chi connectivity index (χ0) is 17.2. The van der Waals surface area contributed by atoms with E-state index in [1.807, 2.05) is 30.3 Å². The molecular weight excluding hydrogens is 310 g/mol. The largest absolute Gasteiger partial charge is 0.448 e. The van der Waals surface area contributed by atoms with Gasteiger partial charge in [-0.25, -0.2) is 9.59 Å². The molecule has 0 aliphatic heterocycles. The molecule has 132 valence electrons. The number of nitrogens with two attached hydrogens (primary N) is 1. The Balaban J connectivity index is 1.70. The molecule has 1 aliphatic carbocycles. The summed E-state index contributed by atoms with van der Waals surface area (Å²) in [4.78, 5) is 23.5. The van der Waals surface area contributed by atoms with Gasteiger partial charge in [0.25, 0.3) is 0 Å². The quantitative estimate of drug-likeness (QED) is 0.737. The summed E-state index contributed by atoms with van der Waals surface area (Å²) in [5, 5.41) is 5.67. The number of hydrogen-bond donors (Lipinski definition) is 3. The lowest BCUT2D eigenvalue weighted by Crippen LogP contribution is -2.46. The summed E-state index contributed by atoms with van der Waals surface area (Å²) < 4.78 is 10.1. The highest BCUT2D eigenvalue weighted by Gasteiger charge is 2.25. The van der Waals surface area contributed by atoms with Gasteiger partial charge >= 0.3 is 12.2 Å². The third-order valence-electron chi connectivity index (χ3n) is 3.88. The van der Waals surface area contributed by atoms with Crippen molar-refractivity contribution in [1.82, 2.24) is 10.6 Å².